The number of carboxylic acids is 1. The van der Waals surface area contributed by atoms with Crippen LogP contribution in [0.5, 0.6) is 0 Å². The number of carboxylic acid groups (broad SMARTS) is 1. The zero-order chi connectivity index (χ0) is 15.9. The first-order chi connectivity index (χ1) is 10.5. The van der Waals surface area contributed by atoms with Crippen molar-refractivity contribution in [3.63, 3.8) is 0 Å². The van der Waals surface area contributed by atoms with Crippen molar-refractivity contribution >= 4 is 16.9 Å². The molecular formula is C16H15FN2O3. The molecule has 0 amide bonds. The van der Waals surface area contributed by atoms with E-state index in [0.717, 1.165) is 0 Å². The highest BCUT2D eigenvalue weighted by molar-refractivity contribution is 5.93. The van der Waals surface area contributed by atoms with Crippen LogP contribution >= 0.6 is 0 Å². The fraction of sp³-hybridized carbons (Fsp3) is 0.375. The predicted molar refractivity (Wildman–Crippen MR) is 76.8 cm³/mol. The summed E-state index contributed by atoms with van der Waals surface area (Å²) in [6.07, 6.45) is 1.34. The van der Waals surface area contributed by atoms with E-state index >= 15 is 0 Å². The van der Waals surface area contributed by atoms with Crippen molar-refractivity contribution in [3.8, 4) is 6.07 Å². The number of hydrogen-bond donors (Lipinski definition) is 2. The average molecular weight is 302 g/mol. The molecule has 1 aromatic heterocycles. The van der Waals surface area contributed by atoms with Gasteiger partial charge in [0.1, 0.15) is 5.82 Å². The summed E-state index contributed by atoms with van der Waals surface area (Å²) in [5, 5.41) is 19.4. The molecule has 114 valence electrons. The van der Waals surface area contributed by atoms with Crippen molar-refractivity contribution in [1.82, 2.24) is 4.98 Å². The Morgan fingerprint density at radius 3 is 3.00 bits per heavy atom. The summed E-state index contributed by atoms with van der Waals surface area (Å²) in [6, 6.07) is 4.68. The van der Waals surface area contributed by atoms with Gasteiger partial charge in [0.05, 0.1) is 29.5 Å². The minimum absolute atomic E-state index is 0.177. The van der Waals surface area contributed by atoms with E-state index in [2.05, 4.69) is 4.98 Å². The molecule has 22 heavy (non-hydrogen) atoms. The number of halogens is 1. The van der Waals surface area contributed by atoms with Crippen molar-refractivity contribution < 1.29 is 19.0 Å². The molecule has 2 aromatic rings. The molecule has 0 bridgehead atoms. The van der Waals surface area contributed by atoms with E-state index in [1.807, 2.05) is 13.0 Å². The fourth-order valence-electron chi connectivity index (χ4n) is 3.25. The molecule has 2 heterocycles. The molecule has 3 rings (SSSR count). The third-order valence-electron chi connectivity index (χ3n) is 4.18. The molecule has 6 heteroatoms. The Bertz CT molecular complexity index is 806. The van der Waals surface area contributed by atoms with Crippen molar-refractivity contribution in [2.24, 2.45) is 0 Å². The van der Waals surface area contributed by atoms with Crippen molar-refractivity contribution in [1.29, 1.82) is 5.26 Å². The summed E-state index contributed by atoms with van der Waals surface area (Å²) in [5.41, 5.74) is 0.0567. The summed E-state index contributed by atoms with van der Waals surface area (Å²) in [6.45, 7) is 2.10. The van der Waals surface area contributed by atoms with Crippen LogP contribution in [-0.4, -0.2) is 22.7 Å². The lowest BCUT2D eigenvalue weighted by Crippen LogP contribution is -2.43. The monoisotopic (exact) mass is 302 g/mol. The standard InChI is InChI=1S/C16H15FN2O3/c1-2-6-16(15(20)21)14-10(5-7-22-16)12-9(8-18)3-4-11(17)13(12)19-14/h3-4,19H,2,5-7H2,1H3,(H,20,21). The third kappa shape index (κ3) is 1.82. The maximum atomic E-state index is 14.1. The van der Waals surface area contributed by atoms with Gasteiger partial charge in [-0.3, -0.25) is 0 Å². The molecule has 1 atom stereocenters. The van der Waals surface area contributed by atoms with Crippen LogP contribution in [0, 0.1) is 17.1 Å². The first-order valence-electron chi connectivity index (χ1n) is 7.16. The second kappa shape index (κ2) is 5.11. The van der Waals surface area contributed by atoms with E-state index in [-0.39, 0.29) is 18.5 Å². The normalized spacial score (nSPS) is 20.6. The second-order valence-electron chi connectivity index (χ2n) is 5.42. The number of nitriles is 1. The van der Waals surface area contributed by atoms with Gasteiger partial charge < -0.3 is 14.8 Å². The van der Waals surface area contributed by atoms with E-state index in [1.54, 1.807) is 0 Å². The second-order valence-corrected chi connectivity index (χ2v) is 5.42. The first-order valence-corrected chi connectivity index (χ1v) is 7.16. The molecule has 1 aromatic carbocycles. The van der Waals surface area contributed by atoms with Gasteiger partial charge in [0.25, 0.3) is 0 Å². The lowest BCUT2D eigenvalue weighted by Gasteiger charge is -2.33. The molecule has 0 saturated heterocycles. The van der Waals surface area contributed by atoms with Crippen LogP contribution in [0.3, 0.4) is 0 Å². The van der Waals surface area contributed by atoms with Gasteiger partial charge in [-0.1, -0.05) is 13.3 Å². The summed E-state index contributed by atoms with van der Waals surface area (Å²) in [5.74, 6) is -1.60. The van der Waals surface area contributed by atoms with Crippen molar-refractivity contribution in [2.45, 2.75) is 31.8 Å². The zero-order valence-corrected chi connectivity index (χ0v) is 12.1. The van der Waals surface area contributed by atoms with E-state index in [1.165, 1.54) is 12.1 Å². The number of nitrogens with zero attached hydrogens (tertiary/aromatic N) is 1. The largest absolute Gasteiger partial charge is 0.479 e. The minimum Gasteiger partial charge on any atom is -0.479 e. The van der Waals surface area contributed by atoms with Gasteiger partial charge in [-0.05, 0) is 30.5 Å². The van der Waals surface area contributed by atoms with Gasteiger partial charge in [-0.2, -0.15) is 5.26 Å². The lowest BCUT2D eigenvalue weighted by molar-refractivity contribution is -0.171. The van der Waals surface area contributed by atoms with Crippen LogP contribution in [0.15, 0.2) is 12.1 Å². The Balaban J connectivity index is 2.38. The van der Waals surface area contributed by atoms with Gasteiger partial charge in [-0.25, -0.2) is 9.18 Å². The van der Waals surface area contributed by atoms with Crippen LogP contribution in [0.1, 0.15) is 36.6 Å². The number of aromatic nitrogens is 1. The topological polar surface area (TPSA) is 86.1 Å². The number of aromatic amines is 1. The molecule has 0 radical (unpaired) electrons. The predicted octanol–water partition coefficient (Wildman–Crippen LogP) is 2.83. The van der Waals surface area contributed by atoms with E-state index in [9.17, 15) is 19.6 Å². The molecule has 0 fully saturated rings. The number of H-pyrrole nitrogens is 1. The number of nitrogens with one attached hydrogen (secondary N) is 1. The molecule has 5 nitrogen and oxygen atoms in total. The van der Waals surface area contributed by atoms with Crippen LogP contribution in [0.2, 0.25) is 0 Å². The van der Waals surface area contributed by atoms with E-state index in [4.69, 9.17) is 4.74 Å². The number of carbonyl (C=O) groups is 1. The molecular weight excluding hydrogens is 287 g/mol. The fourth-order valence-corrected chi connectivity index (χ4v) is 3.25. The Morgan fingerprint density at radius 1 is 1.59 bits per heavy atom. The summed E-state index contributed by atoms with van der Waals surface area (Å²) < 4.78 is 19.7. The number of rotatable bonds is 3. The van der Waals surface area contributed by atoms with Gasteiger partial charge >= 0.3 is 5.97 Å². The SMILES string of the molecule is CCCC1(C(=O)O)OCCc2c1[nH]c1c(F)ccc(C#N)c21. The highest BCUT2D eigenvalue weighted by Crippen LogP contribution is 2.41. The Hall–Kier alpha value is -2.39. The number of ether oxygens (including phenoxy) is 1. The molecule has 1 aliphatic heterocycles. The maximum Gasteiger partial charge on any atom is 0.342 e. The van der Waals surface area contributed by atoms with Gasteiger partial charge in [0.2, 0.25) is 5.60 Å². The van der Waals surface area contributed by atoms with Gasteiger partial charge in [0, 0.05) is 5.39 Å². The third-order valence-corrected chi connectivity index (χ3v) is 4.18. The number of hydrogen-bond acceptors (Lipinski definition) is 3. The van der Waals surface area contributed by atoms with E-state index < -0.39 is 17.4 Å². The van der Waals surface area contributed by atoms with Crippen LogP contribution in [-0.2, 0) is 21.6 Å². The molecule has 1 aliphatic rings. The summed E-state index contributed by atoms with van der Waals surface area (Å²) >= 11 is 0. The average Bonchev–Trinajstić information content (AvgIpc) is 2.90. The van der Waals surface area contributed by atoms with Gasteiger partial charge in [-0.15, -0.1) is 0 Å². The molecule has 1 unspecified atom stereocenters. The lowest BCUT2D eigenvalue weighted by atomic mass is 9.87. The molecule has 0 aliphatic carbocycles. The highest BCUT2D eigenvalue weighted by Gasteiger charge is 2.47. The quantitative estimate of drug-likeness (QED) is 0.912. The summed E-state index contributed by atoms with van der Waals surface area (Å²) in [4.78, 5) is 14.7. The molecule has 2 N–H and O–H groups in total. The van der Waals surface area contributed by atoms with Crippen LogP contribution in [0.4, 0.5) is 4.39 Å². The van der Waals surface area contributed by atoms with E-state index in [0.29, 0.717) is 35.0 Å². The van der Waals surface area contributed by atoms with Crippen molar-refractivity contribution in [2.75, 3.05) is 6.61 Å². The van der Waals surface area contributed by atoms with Crippen LogP contribution in [0.25, 0.3) is 10.9 Å². The Kier molecular flexibility index (Phi) is 3.38. The first kappa shape index (κ1) is 14.5. The Labute approximate surface area is 126 Å². The minimum atomic E-state index is -1.50. The number of fused-ring (bicyclic) bond motifs is 3. The highest BCUT2D eigenvalue weighted by atomic mass is 19.1. The molecule has 0 saturated carbocycles. The smallest absolute Gasteiger partial charge is 0.342 e. The number of benzene rings is 1. The van der Waals surface area contributed by atoms with Crippen LogP contribution < -0.4 is 0 Å². The zero-order valence-electron chi connectivity index (χ0n) is 12.1. The molecule has 0 spiro atoms. The maximum absolute atomic E-state index is 14.1. The Morgan fingerprint density at radius 2 is 2.36 bits per heavy atom. The summed E-state index contributed by atoms with van der Waals surface area (Å²) in [7, 11) is 0. The van der Waals surface area contributed by atoms with Gasteiger partial charge in [0.15, 0.2) is 0 Å². The number of aliphatic carboxylic acids is 1. The van der Waals surface area contributed by atoms with Crippen molar-refractivity contribution in [3.05, 3.63) is 34.8 Å².